The largest absolute Gasteiger partial charge is 0.428 e. The molecule has 1 aromatic carbocycles. The van der Waals surface area contributed by atoms with Crippen molar-refractivity contribution in [1.29, 1.82) is 0 Å². The molecule has 1 aliphatic heterocycles. The Morgan fingerprint density at radius 2 is 2.00 bits per heavy atom. The standard InChI is InChI=1S/C17H22O4/c1-12(2)8-14-9-16(21-17(14)19)15(18)11-20-10-13-6-4-3-5-7-13/h3-7,9,12,14-15,18H,8,10-11H2,1-2H3/t14-,15-/m1/s1. The molecule has 2 atom stereocenters. The van der Waals surface area contributed by atoms with Crippen molar-refractivity contribution in [2.45, 2.75) is 33.0 Å². The van der Waals surface area contributed by atoms with Crippen LogP contribution in [0.15, 0.2) is 42.2 Å². The highest BCUT2D eigenvalue weighted by atomic mass is 16.6. The Bertz CT molecular complexity index is 493. The van der Waals surface area contributed by atoms with E-state index in [0.717, 1.165) is 12.0 Å². The molecule has 1 aromatic rings. The molecule has 0 fully saturated rings. The molecular formula is C17H22O4. The van der Waals surface area contributed by atoms with Crippen molar-refractivity contribution in [1.82, 2.24) is 0 Å². The van der Waals surface area contributed by atoms with Crippen LogP contribution in [0.4, 0.5) is 0 Å². The van der Waals surface area contributed by atoms with Gasteiger partial charge in [0.05, 0.1) is 19.1 Å². The fraction of sp³-hybridized carbons (Fsp3) is 0.471. The average molecular weight is 290 g/mol. The highest BCUT2D eigenvalue weighted by Crippen LogP contribution is 2.26. The van der Waals surface area contributed by atoms with Gasteiger partial charge in [-0.2, -0.15) is 0 Å². The molecule has 4 nitrogen and oxygen atoms in total. The fourth-order valence-electron chi connectivity index (χ4n) is 2.29. The molecule has 2 rings (SSSR count). The molecule has 0 bridgehead atoms. The van der Waals surface area contributed by atoms with Crippen molar-refractivity contribution >= 4 is 5.97 Å². The first-order valence-electron chi connectivity index (χ1n) is 7.29. The summed E-state index contributed by atoms with van der Waals surface area (Å²) in [5, 5.41) is 10.0. The maximum Gasteiger partial charge on any atom is 0.318 e. The van der Waals surface area contributed by atoms with Crippen molar-refractivity contribution in [2.75, 3.05) is 6.61 Å². The van der Waals surface area contributed by atoms with Gasteiger partial charge in [0.15, 0.2) is 0 Å². The second-order valence-corrected chi connectivity index (χ2v) is 5.74. The minimum absolute atomic E-state index is 0.113. The van der Waals surface area contributed by atoms with Crippen LogP contribution in [0.2, 0.25) is 0 Å². The Morgan fingerprint density at radius 1 is 1.29 bits per heavy atom. The third-order valence-electron chi connectivity index (χ3n) is 3.33. The van der Waals surface area contributed by atoms with E-state index in [1.165, 1.54) is 0 Å². The first-order valence-corrected chi connectivity index (χ1v) is 7.29. The number of carbonyl (C=O) groups is 1. The van der Waals surface area contributed by atoms with E-state index in [0.29, 0.717) is 18.3 Å². The number of cyclic esters (lactones) is 1. The number of ether oxygens (including phenoxy) is 2. The van der Waals surface area contributed by atoms with Crippen molar-refractivity contribution in [3.05, 3.63) is 47.7 Å². The van der Waals surface area contributed by atoms with Gasteiger partial charge in [0.2, 0.25) is 0 Å². The summed E-state index contributed by atoms with van der Waals surface area (Å²) in [4.78, 5) is 11.7. The molecule has 0 spiro atoms. The lowest BCUT2D eigenvalue weighted by Crippen LogP contribution is -2.19. The number of hydrogen-bond acceptors (Lipinski definition) is 4. The molecule has 0 aliphatic carbocycles. The van der Waals surface area contributed by atoms with Gasteiger partial charge in [-0.25, -0.2) is 0 Å². The lowest BCUT2D eigenvalue weighted by Gasteiger charge is -2.11. The number of hydrogen-bond donors (Lipinski definition) is 1. The molecule has 1 aliphatic rings. The van der Waals surface area contributed by atoms with Crippen molar-refractivity contribution in [2.24, 2.45) is 11.8 Å². The Balaban J connectivity index is 1.80. The van der Waals surface area contributed by atoms with Crippen LogP contribution >= 0.6 is 0 Å². The predicted octanol–water partition coefficient (Wildman–Crippen LogP) is 2.67. The Kier molecular flexibility index (Phi) is 5.53. The van der Waals surface area contributed by atoms with Crippen LogP contribution in [-0.2, 0) is 20.9 Å². The van der Waals surface area contributed by atoms with Crippen molar-refractivity contribution in [3.63, 3.8) is 0 Å². The SMILES string of the molecule is CC(C)C[C@@H]1C=C([C@H](O)COCc2ccccc2)OC1=O. The highest BCUT2D eigenvalue weighted by molar-refractivity contribution is 5.78. The molecule has 0 aromatic heterocycles. The van der Waals surface area contributed by atoms with Gasteiger partial charge in [-0.05, 0) is 24.0 Å². The van der Waals surface area contributed by atoms with E-state index >= 15 is 0 Å². The van der Waals surface area contributed by atoms with E-state index in [1.807, 2.05) is 30.3 Å². The van der Waals surface area contributed by atoms with Gasteiger partial charge < -0.3 is 14.6 Å². The van der Waals surface area contributed by atoms with E-state index < -0.39 is 6.10 Å². The zero-order chi connectivity index (χ0) is 15.2. The maximum absolute atomic E-state index is 11.7. The van der Waals surface area contributed by atoms with E-state index in [2.05, 4.69) is 13.8 Å². The molecule has 0 radical (unpaired) electrons. The summed E-state index contributed by atoms with van der Waals surface area (Å²) in [5.74, 6) is 0.202. The summed E-state index contributed by atoms with van der Waals surface area (Å²) in [7, 11) is 0. The summed E-state index contributed by atoms with van der Waals surface area (Å²) in [6.45, 7) is 4.65. The first kappa shape index (κ1) is 15.7. The highest BCUT2D eigenvalue weighted by Gasteiger charge is 2.31. The number of benzene rings is 1. The average Bonchev–Trinajstić information content (AvgIpc) is 2.80. The summed E-state index contributed by atoms with van der Waals surface area (Å²) in [6, 6.07) is 9.73. The first-order chi connectivity index (χ1) is 10.1. The number of esters is 1. The minimum Gasteiger partial charge on any atom is -0.428 e. The second kappa shape index (κ2) is 7.38. The van der Waals surface area contributed by atoms with Gasteiger partial charge in [0.25, 0.3) is 0 Å². The smallest absolute Gasteiger partial charge is 0.318 e. The van der Waals surface area contributed by atoms with Gasteiger partial charge in [-0.15, -0.1) is 0 Å². The Hall–Kier alpha value is -1.65. The van der Waals surface area contributed by atoms with Crippen LogP contribution in [0, 0.1) is 11.8 Å². The molecule has 21 heavy (non-hydrogen) atoms. The number of aliphatic hydroxyl groups excluding tert-OH is 1. The fourth-order valence-corrected chi connectivity index (χ4v) is 2.29. The lowest BCUT2D eigenvalue weighted by molar-refractivity contribution is -0.142. The lowest BCUT2D eigenvalue weighted by atomic mass is 9.97. The van der Waals surface area contributed by atoms with Gasteiger partial charge in [-0.1, -0.05) is 44.2 Å². The molecule has 0 saturated carbocycles. The van der Waals surface area contributed by atoms with E-state index in [4.69, 9.17) is 9.47 Å². The summed E-state index contributed by atoms with van der Waals surface area (Å²) in [6.07, 6.45) is 1.56. The molecule has 0 amide bonds. The van der Waals surface area contributed by atoms with Gasteiger partial charge in [-0.3, -0.25) is 4.79 Å². The van der Waals surface area contributed by atoms with Gasteiger partial charge >= 0.3 is 5.97 Å². The maximum atomic E-state index is 11.7. The number of rotatable bonds is 7. The van der Waals surface area contributed by atoms with Crippen LogP contribution in [0.1, 0.15) is 25.8 Å². The molecule has 4 heteroatoms. The van der Waals surface area contributed by atoms with Crippen LogP contribution in [-0.4, -0.2) is 23.8 Å². The van der Waals surface area contributed by atoms with Crippen LogP contribution in [0.25, 0.3) is 0 Å². The van der Waals surface area contributed by atoms with Crippen molar-refractivity contribution in [3.8, 4) is 0 Å². The van der Waals surface area contributed by atoms with E-state index in [-0.39, 0.29) is 18.5 Å². The molecule has 0 unspecified atom stereocenters. The Morgan fingerprint density at radius 3 is 2.67 bits per heavy atom. The molecule has 1 N–H and O–H groups in total. The van der Waals surface area contributed by atoms with E-state index in [1.54, 1.807) is 6.08 Å². The monoisotopic (exact) mass is 290 g/mol. The summed E-state index contributed by atoms with van der Waals surface area (Å²) >= 11 is 0. The second-order valence-electron chi connectivity index (χ2n) is 5.74. The molecule has 114 valence electrons. The summed E-state index contributed by atoms with van der Waals surface area (Å²) < 4.78 is 10.6. The predicted molar refractivity (Wildman–Crippen MR) is 79.2 cm³/mol. The van der Waals surface area contributed by atoms with Gasteiger partial charge in [0.1, 0.15) is 11.9 Å². The van der Waals surface area contributed by atoms with Gasteiger partial charge in [0, 0.05) is 0 Å². The normalized spacial score (nSPS) is 19.5. The van der Waals surface area contributed by atoms with Crippen LogP contribution in [0.5, 0.6) is 0 Å². The topological polar surface area (TPSA) is 55.8 Å². The van der Waals surface area contributed by atoms with Crippen LogP contribution in [0.3, 0.4) is 0 Å². The third-order valence-corrected chi connectivity index (χ3v) is 3.33. The van der Waals surface area contributed by atoms with E-state index in [9.17, 15) is 9.90 Å². The number of carbonyl (C=O) groups excluding carboxylic acids is 1. The third kappa shape index (κ3) is 4.69. The van der Waals surface area contributed by atoms with Crippen molar-refractivity contribution < 1.29 is 19.4 Å². The molecular weight excluding hydrogens is 268 g/mol. The zero-order valence-corrected chi connectivity index (χ0v) is 12.5. The summed E-state index contributed by atoms with van der Waals surface area (Å²) in [5.41, 5.74) is 1.04. The molecule has 1 heterocycles. The van der Waals surface area contributed by atoms with Crippen LogP contribution < -0.4 is 0 Å². The molecule has 0 saturated heterocycles. The Labute approximate surface area is 125 Å². The minimum atomic E-state index is -0.894. The zero-order valence-electron chi connectivity index (χ0n) is 12.5. The quantitative estimate of drug-likeness (QED) is 0.784. The number of aliphatic hydroxyl groups is 1.